The molecule has 5 atom stereocenters. The number of carbonyl (C=O) groups is 2. The minimum absolute atomic E-state index is 0.00391. The molecule has 3 unspecified atom stereocenters. The Hall–Kier alpha value is -3.93. The molecule has 5 rings (SSSR count). The third-order valence-corrected chi connectivity index (χ3v) is 7.94. The Bertz CT molecular complexity index is 1440. The first kappa shape index (κ1) is 30.5. The van der Waals surface area contributed by atoms with Gasteiger partial charge >= 0.3 is 12.4 Å². The Balaban J connectivity index is 1.44. The number of amides is 2. The van der Waals surface area contributed by atoms with Crippen molar-refractivity contribution in [3.05, 3.63) is 106 Å². The van der Waals surface area contributed by atoms with Gasteiger partial charge in [-0.25, -0.2) is 4.39 Å². The molecule has 2 amide bonds. The molecule has 5 nitrogen and oxygen atoms in total. The van der Waals surface area contributed by atoms with Crippen molar-refractivity contribution in [2.24, 2.45) is 0 Å². The highest BCUT2D eigenvalue weighted by molar-refractivity contribution is 5.94. The van der Waals surface area contributed by atoms with Crippen molar-refractivity contribution >= 4 is 11.8 Å². The zero-order valence-electron chi connectivity index (χ0n) is 22.8. The molecule has 3 aromatic carbocycles. The first-order valence-electron chi connectivity index (χ1n) is 13.6. The first-order chi connectivity index (χ1) is 20.2. The summed E-state index contributed by atoms with van der Waals surface area (Å²) in [4.78, 5) is 27.6. The summed E-state index contributed by atoms with van der Waals surface area (Å²) in [6.45, 7) is 1.36. The van der Waals surface area contributed by atoms with Crippen molar-refractivity contribution < 1.29 is 45.1 Å². The molecular weight excluding hydrogens is 581 g/mol. The number of halogens is 7. The lowest BCUT2D eigenvalue weighted by atomic mass is 9.84. The lowest BCUT2D eigenvalue weighted by molar-refractivity contribution is -0.143. The normalized spacial score (nSPS) is 23.2. The van der Waals surface area contributed by atoms with E-state index in [2.05, 4.69) is 5.32 Å². The summed E-state index contributed by atoms with van der Waals surface area (Å²) in [5.41, 5.74) is -2.26. The minimum atomic E-state index is -5.02. The van der Waals surface area contributed by atoms with Crippen LogP contribution in [0.1, 0.15) is 64.4 Å². The van der Waals surface area contributed by atoms with E-state index in [0.717, 1.165) is 0 Å². The predicted molar refractivity (Wildman–Crippen MR) is 141 cm³/mol. The number of nitrogens with zero attached hydrogens (tertiary/aromatic N) is 1. The zero-order valence-corrected chi connectivity index (χ0v) is 22.8. The lowest BCUT2D eigenvalue weighted by Gasteiger charge is -2.37. The van der Waals surface area contributed by atoms with Gasteiger partial charge in [-0.15, -0.1) is 0 Å². The second-order valence-corrected chi connectivity index (χ2v) is 10.8. The van der Waals surface area contributed by atoms with Gasteiger partial charge in [0, 0.05) is 36.5 Å². The fourth-order valence-electron chi connectivity index (χ4n) is 5.92. The molecule has 228 valence electrons. The van der Waals surface area contributed by atoms with Crippen LogP contribution in [-0.4, -0.2) is 41.4 Å². The summed E-state index contributed by atoms with van der Waals surface area (Å²) < 4.78 is 101. The molecule has 2 heterocycles. The molecule has 0 aliphatic carbocycles. The van der Waals surface area contributed by atoms with E-state index >= 15 is 0 Å². The SMILES string of the molecule is C[C@@H](O[C@H]1CN2C(=O)CC(NC(=O)c3ccccc3)CC2C1c1ccc(F)cc1)c1cc(C(F)(F)F)cc(C(F)(F)F)c1. The number of fused-ring (bicyclic) bond motifs is 1. The molecule has 0 aromatic heterocycles. The van der Waals surface area contributed by atoms with E-state index in [0.29, 0.717) is 29.7 Å². The zero-order chi connectivity index (χ0) is 31.1. The highest BCUT2D eigenvalue weighted by Gasteiger charge is 2.49. The molecule has 3 aromatic rings. The molecule has 0 radical (unpaired) electrons. The van der Waals surface area contributed by atoms with Crippen LogP contribution < -0.4 is 5.32 Å². The van der Waals surface area contributed by atoms with Gasteiger partial charge in [-0.05, 0) is 66.9 Å². The monoisotopic (exact) mass is 608 g/mol. The first-order valence-corrected chi connectivity index (χ1v) is 13.6. The molecule has 2 fully saturated rings. The second-order valence-electron chi connectivity index (χ2n) is 10.8. The Kier molecular flexibility index (Phi) is 8.26. The van der Waals surface area contributed by atoms with Crippen LogP contribution in [0.4, 0.5) is 30.7 Å². The van der Waals surface area contributed by atoms with Gasteiger partial charge in [0.1, 0.15) is 5.82 Å². The second kappa shape index (κ2) is 11.6. The van der Waals surface area contributed by atoms with Crippen LogP contribution in [0.25, 0.3) is 0 Å². The Morgan fingerprint density at radius 1 is 0.930 bits per heavy atom. The van der Waals surface area contributed by atoms with Gasteiger partial charge in [0.05, 0.1) is 23.3 Å². The summed E-state index contributed by atoms with van der Waals surface area (Å²) in [6.07, 6.45) is -11.8. The summed E-state index contributed by atoms with van der Waals surface area (Å²) in [5.74, 6) is -1.77. The average molecular weight is 609 g/mol. The minimum Gasteiger partial charge on any atom is -0.368 e. The number of benzene rings is 3. The topological polar surface area (TPSA) is 58.6 Å². The van der Waals surface area contributed by atoms with Gasteiger partial charge in [-0.3, -0.25) is 9.59 Å². The van der Waals surface area contributed by atoms with Gasteiger partial charge < -0.3 is 15.0 Å². The largest absolute Gasteiger partial charge is 0.416 e. The van der Waals surface area contributed by atoms with E-state index in [4.69, 9.17) is 4.74 Å². The number of nitrogens with one attached hydrogen (secondary N) is 1. The fraction of sp³-hybridized carbons (Fsp3) is 0.355. The van der Waals surface area contributed by atoms with E-state index in [9.17, 15) is 40.3 Å². The Morgan fingerprint density at radius 3 is 2.12 bits per heavy atom. The smallest absolute Gasteiger partial charge is 0.368 e. The maximum atomic E-state index is 13.8. The molecule has 0 spiro atoms. The third-order valence-electron chi connectivity index (χ3n) is 7.94. The van der Waals surface area contributed by atoms with Crippen molar-refractivity contribution in [1.82, 2.24) is 10.2 Å². The molecule has 12 heteroatoms. The van der Waals surface area contributed by atoms with Crippen molar-refractivity contribution in [2.75, 3.05) is 6.54 Å². The van der Waals surface area contributed by atoms with Crippen LogP contribution in [0.2, 0.25) is 0 Å². The number of carbonyl (C=O) groups excluding carboxylic acids is 2. The van der Waals surface area contributed by atoms with Gasteiger partial charge in [0.25, 0.3) is 5.91 Å². The van der Waals surface area contributed by atoms with Crippen LogP contribution in [0.15, 0.2) is 72.8 Å². The van der Waals surface area contributed by atoms with E-state index in [1.807, 2.05) is 0 Å². The van der Waals surface area contributed by atoms with Crippen LogP contribution in [0.5, 0.6) is 0 Å². The number of alkyl halides is 6. The quantitative estimate of drug-likeness (QED) is 0.310. The number of piperidine rings is 1. The summed E-state index contributed by atoms with van der Waals surface area (Å²) >= 11 is 0. The molecule has 0 bridgehead atoms. The highest BCUT2D eigenvalue weighted by atomic mass is 19.4. The van der Waals surface area contributed by atoms with Gasteiger partial charge in [-0.1, -0.05) is 30.3 Å². The maximum Gasteiger partial charge on any atom is 0.416 e. The Morgan fingerprint density at radius 2 is 1.53 bits per heavy atom. The van der Waals surface area contributed by atoms with Crippen LogP contribution in [0.3, 0.4) is 0 Å². The summed E-state index contributed by atoms with van der Waals surface area (Å²) in [7, 11) is 0. The molecule has 2 aliphatic rings. The summed E-state index contributed by atoms with van der Waals surface area (Å²) in [6, 6.07) is 14.1. The van der Waals surface area contributed by atoms with Crippen molar-refractivity contribution in [2.45, 2.75) is 62.3 Å². The molecule has 1 N–H and O–H groups in total. The molecular formula is C31H27F7N2O3. The van der Waals surface area contributed by atoms with Gasteiger partial charge in [0.15, 0.2) is 0 Å². The van der Waals surface area contributed by atoms with E-state index in [1.165, 1.54) is 31.2 Å². The van der Waals surface area contributed by atoms with Crippen LogP contribution in [-0.2, 0) is 21.9 Å². The van der Waals surface area contributed by atoms with E-state index in [-0.39, 0.29) is 36.4 Å². The fourth-order valence-corrected chi connectivity index (χ4v) is 5.92. The highest BCUT2D eigenvalue weighted by Crippen LogP contribution is 2.44. The molecule has 2 saturated heterocycles. The van der Waals surface area contributed by atoms with Gasteiger partial charge in [-0.2, -0.15) is 26.3 Å². The standard InChI is InChI=1S/C31H27F7N2O3/c1-17(20-11-21(30(33,34)35)13-22(12-20)31(36,37)38)43-26-16-40-25(28(26)18-7-9-23(32)10-8-18)14-24(15-27(40)41)39-29(42)19-5-3-2-4-6-19/h2-13,17,24-26,28H,14-16H2,1H3,(H,39,42)/t17-,24?,25?,26+,28?/m1/s1. The number of rotatable bonds is 6. The summed E-state index contributed by atoms with van der Waals surface area (Å²) in [5, 5.41) is 2.88. The average Bonchev–Trinajstić information content (AvgIpc) is 3.31. The lowest BCUT2D eigenvalue weighted by Crippen LogP contribution is -2.51. The van der Waals surface area contributed by atoms with Crippen molar-refractivity contribution in [1.29, 1.82) is 0 Å². The van der Waals surface area contributed by atoms with Crippen molar-refractivity contribution in [3.8, 4) is 0 Å². The van der Waals surface area contributed by atoms with Crippen LogP contribution >= 0.6 is 0 Å². The molecule has 43 heavy (non-hydrogen) atoms. The Labute approximate surface area is 242 Å². The van der Waals surface area contributed by atoms with Gasteiger partial charge in [0.2, 0.25) is 5.91 Å². The van der Waals surface area contributed by atoms with Crippen molar-refractivity contribution in [3.63, 3.8) is 0 Å². The predicted octanol–water partition coefficient (Wildman–Crippen LogP) is 6.90. The third kappa shape index (κ3) is 6.69. The van der Waals surface area contributed by atoms with E-state index < -0.39 is 59.5 Å². The van der Waals surface area contributed by atoms with Crippen LogP contribution in [0, 0.1) is 5.82 Å². The maximum absolute atomic E-state index is 13.8. The van der Waals surface area contributed by atoms with E-state index in [1.54, 1.807) is 35.2 Å². The number of hydrogen-bond acceptors (Lipinski definition) is 3. The molecule has 0 saturated carbocycles. The number of ether oxygens (including phenoxy) is 1. The number of hydrogen-bond donors (Lipinski definition) is 1. The molecule has 2 aliphatic heterocycles.